The molecule has 1 saturated heterocycles. The number of ether oxygens (including phenoxy) is 2. The van der Waals surface area contributed by atoms with Gasteiger partial charge < -0.3 is 25.2 Å². The summed E-state index contributed by atoms with van der Waals surface area (Å²) in [5.41, 5.74) is 5.40. The van der Waals surface area contributed by atoms with Crippen LogP contribution in [0.5, 0.6) is 0 Å². The van der Waals surface area contributed by atoms with Gasteiger partial charge in [-0.05, 0) is 51.5 Å². The maximum Gasteiger partial charge on any atom is 0.132 e. The van der Waals surface area contributed by atoms with Gasteiger partial charge in [0.1, 0.15) is 5.82 Å². The average molecular weight is 478 g/mol. The highest BCUT2D eigenvalue weighted by molar-refractivity contribution is 5.86. The van der Waals surface area contributed by atoms with E-state index < -0.39 is 0 Å². The van der Waals surface area contributed by atoms with Crippen LogP contribution in [-0.2, 0) is 15.9 Å². The van der Waals surface area contributed by atoms with Crippen LogP contribution in [0.2, 0.25) is 0 Å². The molecule has 8 heteroatoms. The van der Waals surface area contributed by atoms with Crippen LogP contribution in [0.1, 0.15) is 42.9 Å². The van der Waals surface area contributed by atoms with E-state index in [2.05, 4.69) is 56.3 Å². The van der Waals surface area contributed by atoms with Crippen LogP contribution in [0.3, 0.4) is 0 Å². The number of methoxy groups -OCH3 is 1. The number of morpholine rings is 1. The zero-order valence-corrected chi connectivity index (χ0v) is 21.4. The number of nitrogens with zero attached hydrogens (tertiary/aromatic N) is 3. The topological polar surface area (TPSA) is 107 Å². The Morgan fingerprint density at radius 2 is 1.76 bits per heavy atom. The van der Waals surface area contributed by atoms with Crippen molar-refractivity contribution in [1.82, 2.24) is 15.2 Å². The van der Waals surface area contributed by atoms with Crippen LogP contribution in [0, 0.1) is 6.92 Å². The molecule has 1 aliphatic heterocycles. The molecule has 2 aromatic heterocycles. The van der Waals surface area contributed by atoms with Crippen molar-refractivity contribution in [3.63, 3.8) is 0 Å². The summed E-state index contributed by atoms with van der Waals surface area (Å²) in [5.74, 6) is 0.823. The number of rotatable bonds is 5. The molecule has 3 heterocycles. The third kappa shape index (κ3) is 8.44. The van der Waals surface area contributed by atoms with Gasteiger partial charge in [0, 0.05) is 60.1 Å². The molecule has 4 N–H and O–H groups in total. The second-order valence-electron chi connectivity index (χ2n) is 7.79. The predicted molar refractivity (Wildman–Crippen MR) is 149 cm³/mol. The summed E-state index contributed by atoms with van der Waals surface area (Å²) in [6, 6.07) is 10.5. The Labute approximate surface area is 208 Å². The monoisotopic (exact) mass is 477 g/mol. The van der Waals surface area contributed by atoms with Gasteiger partial charge in [-0.15, -0.1) is 0 Å². The van der Waals surface area contributed by atoms with Crippen molar-refractivity contribution >= 4 is 28.1 Å². The second kappa shape index (κ2) is 15.8. The maximum absolute atomic E-state index is 5.42. The Morgan fingerprint density at radius 1 is 1.15 bits per heavy atom. The van der Waals surface area contributed by atoms with Crippen molar-refractivity contribution in [1.29, 1.82) is 0 Å². The number of pyridine rings is 1. The predicted octanol–water partition coefficient (Wildman–Crippen LogP) is 5.56. The molecule has 0 radical (unpaired) electrons. The van der Waals surface area contributed by atoms with Gasteiger partial charge in [-0.1, -0.05) is 25.5 Å². The Balaban J connectivity index is -0.000000947. The summed E-state index contributed by atoms with van der Waals surface area (Å²) < 4.78 is 9.67. The first-order valence-corrected chi connectivity index (χ1v) is 11.6. The minimum absolute atomic E-state index is 0. The van der Waals surface area contributed by atoms with Crippen LogP contribution in [0.4, 0.5) is 17.2 Å². The van der Waals surface area contributed by atoms with Gasteiger partial charge in [0.15, 0.2) is 0 Å². The van der Waals surface area contributed by atoms with Crippen LogP contribution in [0.15, 0.2) is 42.5 Å². The fraction of sp³-hybridized carbons (Fsp3) is 0.462. The summed E-state index contributed by atoms with van der Waals surface area (Å²) in [7, 11) is 3.25. The molecule has 0 saturated carbocycles. The van der Waals surface area contributed by atoms with E-state index in [4.69, 9.17) is 9.72 Å². The third-order valence-corrected chi connectivity index (χ3v) is 5.14. The number of H-pyrrole nitrogens is 1. The van der Waals surface area contributed by atoms with Crippen molar-refractivity contribution in [2.24, 2.45) is 0 Å². The summed E-state index contributed by atoms with van der Waals surface area (Å²) in [5, 5.41) is 12.2. The fourth-order valence-electron chi connectivity index (χ4n) is 3.52. The van der Waals surface area contributed by atoms with Gasteiger partial charge in [0.2, 0.25) is 0 Å². The van der Waals surface area contributed by atoms with Crippen molar-refractivity contribution in [3.05, 3.63) is 53.9 Å². The number of hydrogen-bond donors (Lipinski definition) is 2. The minimum Gasteiger partial charge on any atom is -0.412 e. The van der Waals surface area contributed by atoms with Gasteiger partial charge in [-0.2, -0.15) is 5.10 Å². The number of anilines is 3. The smallest absolute Gasteiger partial charge is 0.132 e. The standard InChI is InChI=1S/C20H25N5O.C4H8.C2H6O.H2O.3H2/c1-3-4-17-20-14(2)21-19(13-18(20)24-23-17)22-15-5-7-16(8-6-15)25-9-11-26-12-10-25;1-3-4-2;1-3-2;;;;/h5-8,13H,3-4,9-12H2,1-2H3,(H,21,22)(H,23,24);3-4H,1-2H3;1-2H3;1H2;3*1H/b;4-3+;;;;;. The average Bonchev–Trinajstić information content (AvgIpc) is 3.24. The summed E-state index contributed by atoms with van der Waals surface area (Å²) in [6.07, 6.45) is 6.08. The zero-order valence-electron chi connectivity index (χ0n) is 21.4. The molecule has 1 aromatic carbocycles. The highest BCUT2D eigenvalue weighted by Gasteiger charge is 2.12. The number of fused-ring (bicyclic) bond motifs is 1. The molecule has 0 atom stereocenters. The van der Waals surface area contributed by atoms with E-state index in [0.29, 0.717) is 0 Å². The number of hydrogen-bond acceptors (Lipinski definition) is 6. The quantitative estimate of drug-likeness (QED) is 0.466. The number of nitrogens with one attached hydrogen (secondary N) is 2. The van der Waals surface area contributed by atoms with Gasteiger partial charge in [-0.3, -0.25) is 5.10 Å². The van der Waals surface area contributed by atoms with Gasteiger partial charge >= 0.3 is 0 Å². The van der Waals surface area contributed by atoms with E-state index >= 15 is 0 Å². The first-order chi connectivity index (χ1) is 16.1. The lowest BCUT2D eigenvalue weighted by molar-refractivity contribution is 0.122. The van der Waals surface area contributed by atoms with Gasteiger partial charge in [0.05, 0.1) is 24.4 Å². The van der Waals surface area contributed by atoms with Crippen LogP contribution < -0.4 is 10.2 Å². The van der Waals surface area contributed by atoms with E-state index in [1.807, 2.05) is 39.0 Å². The second-order valence-corrected chi connectivity index (χ2v) is 7.79. The molecule has 0 aliphatic carbocycles. The lowest BCUT2D eigenvalue weighted by atomic mass is 10.1. The third-order valence-electron chi connectivity index (χ3n) is 5.14. The Kier molecular flexibility index (Phi) is 13.5. The lowest BCUT2D eigenvalue weighted by Crippen LogP contribution is -2.36. The molecule has 0 spiro atoms. The molecular formula is C26H47N5O3. The van der Waals surface area contributed by atoms with Crippen molar-refractivity contribution in [2.45, 2.75) is 40.5 Å². The number of aromatic amines is 1. The number of allylic oxidation sites excluding steroid dienone is 2. The highest BCUT2D eigenvalue weighted by Crippen LogP contribution is 2.26. The number of benzene rings is 1. The lowest BCUT2D eigenvalue weighted by Gasteiger charge is -2.28. The maximum atomic E-state index is 5.42. The Hall–Kier alpha value is -2.94. The largest absolute Gasteiger partial charge is 0.412 e. The van der Waals surface area contributed by atoms with Gasteiger partial charge in [-0.25, -0.2) is 4.98 Å². The number of aromatic nitrogens is 3. The first kappa shape index (κ1) is 29.1. The molecule has 0 bridgehead atoms. The molecule has 194 valence electrons. The van der Waals surface area contributed by atoms with Crippen molar-refractivity contribution < 1.29 is 19.2 Å². The van der Waals surface area contributed by atoms with Crippen molar-refractivity contribution in [3.8, 4) is 0 Å². The highest BCUT2D eigenvalue weighted by atomic mass is 16.5. The zero-order chi connectivity index (χ0) is 24.1. The molecule has 3 aromatic rings. The van der Waals surface area contributed by atoms with E-state index in [0.717, 1.165) is 67.2 Å². The van der Waals surface area contributed by atoms with Crippen LogP contribution in [-0.4, -0.2) is 61.2 Å². The normalized spacial score (nSPS) is 12.9. The van der Waals surface area contributed by atoms with E-state index in [-0.39, 0.29) is 9.76 Å². The molecule has 34 heavy (non-hydrogen) atoms. The van der Waals surface area contributed by atoms with Crippen LogP contribution >= 0.6 is 0 Å². The van der Waals surface area contributed by atoms with E-state index in [1.54, 1.807) is 14.2 Å². The summed E-state index contributed by atoms with van der Waals surface area (Å²) >= 11 is 0. The Morgan fingerprint density at radius 3 is 2.32 bits per heavy atom. The van der Waals surface area contributed by atoms with E-state index in [9.17, 15) is 0 Å². The Bertz CT molecular complexity index is 991. The minimum atomic E-state index is 0. The van der Waals surface area contributed by atoms with Gasteiger partial charge in [0.25, 0.3) is 0 Å². The van der Waals surface area contributed by atoms with Crippen molar-refractivity contribution in [2.75, 3.05) is 50.7 Å². The summed E-state index contributed by atoms with van der Waals surface area (Å²) in [4.78, 5) is 7.07. The van der Waals surface area contributed by atoms with Crippen LogP contribution in [0.25, 0.3) is 10.9 Å². The molecular weight excluding hydrogens is 430 g/mol. The molecule has 4 rings (SSSR count). The first-order valence-electron chi connectivity index (χ1n) is 11.6. The fourth-order valence-corrected chi connectivity index (χ4v) is 3.52. The number of aryl methyl sites for hydroxylation is 2. The molecule has 0 unspecified atom stereocenters. The molecule has 1 fully saturated rings. The summed E-state index contributed by atoms with van der Waals surface area (Å²) in [6.45, 7) is 11.7. The molecule has 8 nitrogen and oxygen atoms in total. The molecule has 0 amide bonds. The van der Waals surface area contributed by atoms with E-state index in [1.165, 1.54) is 11.4 Å². The SMILES string of the molecule is C/C=C/C.CCCc1[nH]nc2cc(Nc3ccc(N4CCOCC4)cc3)nc(C)c12.COC.O.[HH].[HH].[HH]. The molecule has 1 aliphatic rings.